The molecule has 1 fully saturated rings. The normalized spacial score (nSPS) is 20.1. The summed E-state index contributed by atoms with van der Waals surface area (Å²) >= 11 is 0. The van der Waals surface area contributed by atoms with Crippen LogP contribution in [0.25, 0.3) is 11.1 Å². The molecule has 1 heterocycles. The van der Waals surface area contributed by atoms with E-state index in [-0.39, 0.29) is 16.9 Å². The van der Waals surface area contributed by atoms with Crippen molar-refractivity contribution in [3.05, 3.63) is 58.9 Å². The van der Waals surface area contributed by atoms with Crippen LogP contribution >= 0.6 is 0 Å². The Hall–Kier alpha value is -2.20. The van der Waals surface area contributed by atoms with Crippen molar-refractivity contribution in [2.24, 2.45) is 11.1 Å². The molecule has 1 aliphatic heterocycles. The smallest absolute Gasteiger partial charge is 0.256 e. The Morgan fingerprint density at radius 2 is 1.84 bits per heavy atom. The second kappa shape index (κ2) is 6.60. The van der Waals surface area contributed by atoms with Crippen LogP contribution in [0, 0.1) is 25.1 Å². The maximum Gasteiger partial charge on any atom is 0.256 e. The third-order valence-corrected chi connectivity index (χ3v) is 5.38. The lowest BCUT2D eigenvalue weighted by Gasteiger charge is -2.22. The minimum atomic E-state index is -0.470. The van der Waals surface area contributed by atoms with E-state index in [0.29, 0.717) is 19.6 Å². The monoisotopic (exact) mass is 340 g/mol. The largest absolute Gasteiger partial charge is 0.338 e. The summed E-state index contributed by atoms with van der Waals surface area (Å²) in [6.07, 6.45) is 0.859. The van der Waals surface area contributed by atoms with Crippen LogP contribution in [0.3, 0.4) is 0 Å². The first-order valence-corrected chi connectivity index (χ1v) is 8.69. The van der Waals surface area contributed by atoms with Gasteiger partial charge in [-0.25, -0.2) is 4.39 Å². The number of halogens is 1. The van der Waals surface area contributed by atoms with Crippen LogP contribution in [-0.4, -0.2) is 30.4 Å². The van der Waals surface area contributed by atoms with Crippen molar-refractivity contribution in [1.29, 1.82) is 0 Å². The molecule has 0 aromatic heterocycles. The Balaban J connectivity index is 1.85. The molecule has 4 heteroatoms. The highest BCUT2D eigenvalue weighted by Gasteiger charge is 2.35. The van der Waals surface area contributed by atoms with Gasteiger partial charge in [0, 0.05) is 13.1 Å². The third kappa shape index (κ3) is 3.45. The Morgan fingerprint density at radius 1 is 1.16 bits per heavy atom. The first-order valence-electron chi connectivity index (χ1n) is 8.69. The number of likely N-dealkylation sites (tertiary alicyclic amines) is 1. The summed E-state index contributed by atoms with van der Waals surface area (Å²) in [4.78, 5) is 14.4. The Morgan fingerprint density at radius 3 is 2.44 bits per heavy atom. The zero-order valence-corrected chi connectivity index (χ0v) is 15.1. The molecule has 3 rings (SSSR count). The Bertz CT molecular complexity index is 818. The first-order chi connectivity index (χ1) is 11.8. The molecule has 132 valence electrons. The van der Waals surface area contributed by atoms with Crippen LogP contribution in [-0.2, 0) is 0 Å². The zero-order valence-electron chi connectivity index (χ0n) is 15.1. The van der Waals surface area contributed by atoms with E-state index < -0.39 is 5.82 Å². The van der Waals surface area contributed by atoms with Gasteiger partial charge in [-0.05, 0) is 66.6 Å². The summed E-state index contributed by atoms with van der Waals surface area (Å²) in [5.41, 5.74) is 9.97. The molecular weight excluding hydrogens is 315 g/mol. The summed E-state index contributed by atoms with van der Waals surface area (Å²) < 4.78 is 14.6. The van der Waals surface area contributed by atoms with E-state index in [1.165, 1.54) is 11.6 Å². The Labute approximate surface area is 148 Å². The van der Waals surface area contributed by atoms with Crippen molar-refractivity contribution in [2.45, 2.75) is 27.2 Å². The minimum absolute atomic E-state index is 0.0640. The molecule has 0 spiro atoms. The highest BCUT2D eigenvalue weighted by molar-refractivity contribution is 5.95. The van der Waals surface area contributed by atoms with Crippen molar-refractivity contribution >= 4 is 5.91 Å². The number of carbonyl (C=O) groups is 1. The third-order valence-electron chi connectivity index (χ3n) is 5.38. The molecule has 2 aromatic rings. The van der Waals surface area contributed by atoms with Crippen molar-refractivity contribution in [3.8, 4) is 11.1 Å². The van der Waals surface area contributed by atoms with E-state index >= 15 is 0 Å². The number of aryl methyl sites for hydroxylation is 2. The predicted octanol–water partition coefficient (Wildman–Crippen LogP) is 3.92. The van der Waals surface area contributed by atoms with Gasteiger partial charge in [0.05, 0.1) is 5.56 Å². The summed E-state index contributed by atoms with van der Waals surface area (Å²) in [5.74, 6) is -0.719. The van der Waals surface area contributed by atoms with Crippen LogP contribution < -0.4 is 5.73 Å². The fourth-order valence-corrected chi connectivity index (χ4v) is 3.32. The van der Waals surface area contributed by atoms with Crippen molar-refractivity contribution < 1.29 is 9.18 Å². The van der Waals surface area contributed by atoms with Gasteiger partial charge in [0.25, 0.3) is 5.91 Å². The summed E-state index contributed by atoms with van der Waals surface area (Å²) in [5, 5.41) is 0. The fourth-order valence-electron chi connectivity index (χ4n) is 3.32. The molecule has 0 radical (unpaired) electrons. The van der Waals surface area contributed by atoms with Crippen LogP contribution in [0.1, 0.15) is 34.8 Å². The predicted molar refractivity (Wildman–Crippen MR) is 99.0 cm³/mol. The molecule has 1 atom stereocenters. The number of benzene rings is 2. The van der Waals surface area contributed by atoms with Gasteiger partial charge in [-0.3, -0.25) is 4.79 Å². The molecule has 3 nitrogen and oxygen atoms in total. The molecule has 2 aromatic carbocycles. The van der Waals surface area contributed by atoms with Gasteiger partial charge < -0.3 is 10.6 Å². The number of carbonyl (C=O) groups excluding carboxylic acids is 1. The van der Waals surface area contributed by atoms with E-state index in [0.717, 1.165) is 23.1 Å². The van der Waals surface area contributed by atoms with Gasteiger partial charge in [-0.1, -0.05) is 31.2 Å². The molecule has 1 unspecified atom stereocenters. The van der Waals surface area contributed by atoms with Crippen LogP contribution in [0.2, 0.25) is 0 Å². The topological polar surface area (TPSA) is 46.3 Å². The average Bonchev–Trinajstić information content (AvgIpc) is 3.00. The van der Waals surface area contributed by atoms with E-state index in [9.17, 15) is 9.18 Å². The number of hydrogen-bond acceptors (Lipinski definition) is 2. The number of amides is 1. The Kier molecular flexibility index (Phi) is 4.65. The second-order valence-electron chi connectivity index (χ2n) is 7.49. The van der Waals surface area contributed by atoms with E-state index in [4.69, 9.17) is 5.73 Å². The van der Waals surface area contributed by atoms with Gasteiger partial charge in [0.1, 0.15) is 5.82 Å². The van der Waals surface area contributed by atoms with Gasteiger partial charge >= 0.3 is 0 Å². The zero-order chi connectivity index (χ0) is 18.2. The first kappa shape index (κ1) is 17.6. The number of nitrogens with two attached hydrogens (primary N) is 1. The molecule has 0 aliphatic carbocycles. The molecule has 0 bridgehead atoms. The lowest BCUT2D eigenvalue weighted by molar-refractivity contribution is 0.0772. The molecule has 1 aliphatic rings. The summed E-state index contributed by atoms with van der Waals surface area (Å²) in [6.45, 7) is 7.90. The quantitative estimate of drug-likeness (QED) is 0.920. The second-order valence-corrected chi connectivity index (χ2v) is 7.49. The van der Waals surface area contributed by atoms with Crippen molar-refractivity contribution in [1.82, 2.24) is 4.90 Å². The summed E-state index contributed by atoms with van der Waals surface area (Å²) in [7, 11) is 0. The van der Waals surface area contributed by atoms with Gasteiger partial charge in [-0.15, -0.1) is 0 Å². The molecule has 2 N–H and O–H groups in total. The van der Waals surface area contributed by atoms with E-state index in [1.54, 1.807) is 11.0 Å². The molecule has 25 heavy (non-hydrogen) atoms. The van der Waals surface area contributed by atoms with Crippen molar-refractivity contribution in [3.63, 3.8) is 0 Å². The molecule has 0 saturated carbocycles. The highest BCUT2D eigenvalue weighted by Crippen LogP contribution is 2.30. The lowest BCUT2D eigenvalue weighted by Crippen LogP contribution is -2.34. The lowest BCUT2D eigenvalue weighted by atomic mass is 9.90. The number of hydrogen-bond donors (Lipinski definition) is 1. The standard InChI is InChI=1S/C21H25FN2O/c1-14-4-5-16(10-15(14)2)17-6-7-18(19(22)11-17)20(25)24-9-8-21(3,12-23)13-24/h4-7,10-11H,8-9,12-13,23H2,1-3H3. The number of nitrogens with zero attached hydrogens (tertiary/aromatic N) is 1. The maximum atomic E-state index is 14.6. The average molecular weight is 340 g/mol. The SMILES string of the molecule is Cc1ccc(-c2ccc(C(=O)N3CCC(C)(CN)C3)c(F)c2)cc1C. The van der Waals surface area contributed by atoms with Gasteiger partial charge in [0.2, 0.25) is 0 Å². The molecular formula is C21H25FN2O. The van der Waals surface area contributed by atoms with E-state index in [1.807, 2.05) is 38.1 Å². The number of rotatable bonds is 3. The van der Waals surface area contributed by atoms with Crippen LogP contribution in [0.15, 0.2) is 36.4 Å². The molecule has 1 amide bonds. The maximum absolute atomic E-state index is 14.6. The fraction of sp³-hybridized carbons (Fsp3) is 0.381. The van der Waals surface area contributed by atoms with Crippen LogP contribution in [0.4, 0.5) is 4.39 Å². The van der Waals surface area contributed by atoms with Gasteiger partial charge in [-0.2, -0.15) is 0 Å². The van der Waals surface area contributed by atoms with Gasteiger partial charge in [0.15, 0.2) is 0 Å². The van der Waals surface area contributed by atoms with E-state index in [2.05, 4.69) is 6.92 Å². The van der Waals surface area contributed by atoms with Crippen LogP contribution in [0.5, 0.6) is 0 Å². The summed E-state index contributed by atoms with van der Waals surface area (Å²) in [6, 6.07) is 10.9. The van der Waals surface area contributed by atoms with Crippen molar-refractivity contribution in [2.75, 3.05) is 19.6 Å². The minimum Gasteiger partial charge on any atom is -0.338 e. The molecule has 1 saturated heterocycles. The highest BCUT2D eigenvalue weighted by atomic mass is 19.1.